The standard InChI is InChI=1S/C15H22N4/c1-4-12-9-16-8-7-14(12)15(17-5-2)13-10-18-19(6-3)11-13/h7-11,15,17H,4-6H2,1-3H3. The van der Waals surface area contributed by atoms with E-state index in [9.17, 15) is 0 Å². The Hall–Kier alpha value is -1.68. The first-order chi connectivity index (χ1) is 9.30. The third-order valence-corrected chi connectivity index (χ3v) is 3.35. The van der Waals surface area contributed by atoms with Crippen LogP contribution < -0.4 is 5.32 Å². The number of hydrogen-bond acceptors (Lipinski definition) is 3. The first-order valence-corrected chi connectivity index (χ1v) is 6.98. The number of aryl methyl sites for hydroxylation is 2. The zero-order valence-electron chi connectivity index (χ0n) is 11.9. The third kappa shape index (κ3) is 3.01. The van der Waals surface area contributed by atoms with Crippen LogP contribution in [0.3, 0.4) is 0 Å². The van der Waals surface area contributed by atoms with Gasteiger partial charge in [0, 0.05) is 30.7 Å². The molecule has 0 aromatic carbocycles. The molecule has 0 radical (unpaired) electrons. The van der Waals surface area contributed by atoms with Gasteiger partial charge in [0.1, 0.15) is 0 Å². The Kier molecular flexibility index (Phi) is 4.68. The fraction of sp³-hybridized carbons (Fsp3) is 0.467. The molecular formula is C15H22N4. The van der Waals surface area contributed by atoms with Crippen LogP contribution in [0.25, 0.3) is 0 Å². The number of nitrogens with one attached hydrogen (secondary N) is 1. The Balaban J connectivity index is 2.38. The summed E-state index contributed by atoms with van der Waals surface area (Å²) in [7, 11) is 0. The Morgan fingerprint density at radius 1 is 1.26 bits per heavy atom. The normalized spacial score (nSPS) is 12.6. The highest BCUT2D eigenvalue weighted by atomic mass is 15.3. The highest BCUT2D eigenvalue weighted by Gasteiger charge is 2.17. The van der Waals surface area contributed by atoms with E-state index in [4.69, 9.17) is 0 Å². The summed E-state index contributed by atoms with van der Waals surface area (Å²) >= 11 is 0. The third-order valence-electron chi connectivity index (χ3n) is 3.35. The summed E-state index contributed by atoms with van der Waals surface area (Å²) in [6.07, 6.45) is 8.89. The minimum atomic E-state index is 0.197. The molecule has 2 rings (SSSR count). The van der Waals surface area contributed by atoms with Gasteiger partial charge in [-0.25, -0.2) is 0 Å². The van der Waals surface area contributed by atoms with Crippen LogP contribution in [-0.2, 0) is 13.0 Å². The summed E-state index contributed by atoms with van der Waals surface area (Å²) < 4.78 is 1.96. The average molecular weight is 258 g/mol. The first-order valence-electron chi connectivity index (χ1n) is 6.98. The molecule has 2 heterocycles. The molecule has 0 aliphatic carbocycles. The maximum Gasteiger partial charge on any atom is 0.0611 e. The zero-order valence-corrected chi connectivity index (χ0v) is 11.9. The molecule has 102 valence electrons. The fourth-order valence-electron chi connectivity index (χ4n) is 2.33. The second-order valence-corrected chi connectivity index (χ2v) is 4.55. The molecule has 0 saturated heterocycles. The lowest BCUT2D eigenvalue weighted by Crippen LogP contribution is -2.23. The van der Waals surface area contributed by atoms with Crippen molar-refractivity contribution in [2.75, 3.05) is 6.54 Å². The van der Waals surface area contributed by atoms with Crippen LogP contribution in [0.1, 0.15) is 43.5 Å². The van der Waals surface area contributed by atoms with Gasteiger partial charge in [-0.3, -0.25) is 9.67 Å². The lowest BCUT2D eigenvalue weighted by molar-refractivity contribution is 0.620. The van der Waals surface area contributed by atoms with E-state index in [-0.39, 0.29) is 6.04 Å². The van der Waals surface area contributed by atoms with Crippen molar-refractivity contribution in [3.8, 4) is 0 Å². The summed E-state index contributed by atoms with van der Waals surface area (Å²) in [5, 5.41) is 7.93. The summed E-state index contributed by atoms with van der Waals surface area (Å²) in [6.45, 7) is 8.22. The molecule has 19 heavy (non-hydrogen) atoms. The average Bonchev–Trinajstić information content (AvgIpc) is 2.93. The van der Waals surface area contributed by atoms with Crippen molar-refractivity contribution in [1.82, 2.24) is 20.1 Å². The lowest BCUT2D eigenvalue weighted by atomic mass is 9.97. The molecule has 0 aliphatic rings. The molecular weight excluding hydrogens is 236 g/mol. The topological polar surface area (TPSA) is 42.7 Å². The molecule has 0 aliphatic heterocycles. The van der Waals surface area contributed by atoms with Gasteiger partial charge in [0.05, 0.1) is 12.2 Å². The predicted octanol–water partition coefficient (Wildman–Crippen LogP) is 2.56. The summed E-state index contributed by atoms with van der Waals surface area (Å²) in [5.74, 6) is 0. The summed E-state index contributed by atoms with van der Waals surface area (Å²) in [4.78, 5) is 4.23. The van der Waals surface area contributed by atoms with E-state index in [1.54, 1.807) is 0 Å². The van der Waals surface area contributed by atoms with E-state index in [0.717, 1.165) is 19.5 Å². The quantitative estimate of drug-likeness (QED) is 0.866. The summed E-state index contributed by atoms with van der Waals surface area (Å²) in [5.41, 5.74) is 3.80. The van der Waals surface area contributed by atoms with Crippen LogP contribution in [0.4, 0.5) is 0 Å². The molecule has 0 saturated carbocycles. The fourth-order valence-corrected chi connectivity index (χ4v) is 2.33. The van der Waals surface area contributed by atoms with Crippen molar-refractivity contribution < 1.29 is 0 Å². The molecule has 1 N–H and O–H groups in total. The van der Waals surface area contributed by atoms with Crippen LogP contribution in [-0.4, -0.2) is 21.3 Å². The van der Waals surface area contributed by atoms with Crippen LogP contribution in [0.15, 0.2) is 30.9 Å². The maximum atomic E-state index is 4.38. The Labute approximate surface area is 114 Å². The molecule has 0 fully saturated rings. The smallest absolute Gasteiger partial charge is 0.0611 e. The minimum Gasteiger partial charge on any atom is -0.306 e. The molecule has 0 bridgehead atoms. The number of nitrogens with zero attached hydrogens (tertiary/aromatic N) is 3. The predicted molar refractivity (Wildman–Crippen MR) is 77.0 cm³/mol. The van der Waals surface area contributed by atoms with Crippen molar-refractivity contribution in [2.24, 2.45) is 0 Å². The molecule has 2 aromatic rings. The highest BCUT2D eigenvalue weighted by Crippen LogP contribution is 2.24. The molecule has 4 nitrogen and oxygen atoms in total. The molecule has 4 heteroatoms. The van der Waals surface area contributed by atoms with Crippen molar-refractivity contribution >= 4 is 0 Å². The molecule has 2 aromatic heterocycles. The molecule has 1 atom stereocenters. The van der Waals surface area contributed by atoms with E-state index < -0.39 is 0 Å². The Morgan fingerprint density at radius 2 is 2.11 bits per heavy atom. The van der Waals surface area contributed by atoms with Gasteiger partial charge in [-0.1, -0.05) is 13.8 Å². The molecule has 0 spiro atoms. The van der Waals surface area contributed by atoms with Crippen molar-refractivity contribution in [3.63, 3.8) is 0 Å². The Morgan fingerprint density at radius 3 is 2.74 bits per heavy atom. The lowest BCUT2D eigenvalue weighted by Gasteiger charge is -2.19. The largest absolute Gasteiger partial charge is 0.306 e. The van der Waals surface area contributed by atoms with E-state index in [1.807, 2.05) is 23.3 Å². The number of rotatable bonds is 6. The van der Waals surface area contributed by atoms with Gasteiger partial charge in [-0.2, -0.15) is 5.10 Å². The van der Waals surface area contributed by atoms with Gasteiger partial charge in [0.2, 0.25) is 0 Å². The van der Waals surface area contributed by atoms with Crippen molar-refractivity contribution in [2.45, 2.75) is 39.8 Å². The Bertz CT molecular complexity index is 518. The van der Waals surface area contributed by atoms with Crippen LogP contribution in [0, 0.1) is 0 Å². The van der Waals surface area contributed by atoms with Gasteiger partial charge >= 0.3 is 0 Å². The van der Waals surface area contributed by atoms with E-state index in [1.165, 1.54) is 16.7 Å². The first kappa shape index (κ1) is 13.7. The van der Waals surface area contributed by atoms with Gasteiger partial charge < -0.3 is 5.32 Å². The van der Waals surface area contributed by atoms with Crippen LogP contribution in [0.2, 0.25) is 0 Å². The van der Waals surface area contributed by atoms with Crippen LogP contribution in [0.5, 0.6) is 0 Å². The monoisotopic (exact) mass is 258 g/mol. The van der Waals surface area contributed by atoms with E-state index >= 15 is 0 Å². The molecule has 0 amide bonds. The van der Waals surface area contributed by atoms with E-state index in [2.05, 4.69) is 48.4 Å². The van der Waals surface area contributed by atoms with Crippen molar-refractivity contribution in [1.29, 1.82) is 0 Å². The number of aromatic nitrogens is 3. The highest BCUT2D eigenvalue weighted by molar-refractivity contribution is 5.34. The second kappa shape index (κ2) is 6.48. The second-order valence-electron chi connectivity index (χ2n) is 4.55. The van der Waals surface area contributed by atoms with Gasteiger partial charge in [-0.05, 0) is 37.1 Å². The zero-order chi connectivity index (χ0) is 13.7. The summed E-state index contributed by atoms with van der Waals surface area (Å²) in [6, 6.07) is 2.30. The van der Waals surface area contributed by atoms with Gasteiger partial charge in [0.15, 0.2) is 0 Å². The van der Waals surface area contributed by atoms with E-state index in [0.29, 0.717) is 0 Å². The van der Waals surface area contributed by atoms with Gasteiger partial charge in [-0.15, -0.1) is 0 Å². The van der Waals surface area contributed by atoms with Gasteiger partial charge in [0.25, 0.3) is 0 Å². The van der Waals surface area contributed by atoms with Crippen molar-refractivity contribution in [3.05, 3.63) is 47.5 Å². The minimum absolute atomic E-state index is 0.197. The van der Waals surface area contributed by atoms with Crippen LogP contribution >= 0.6 is 0 Å². The number of pyridine rings is 1. The maximum absolute atomic E-state index is 4.38. The SMILES string of the molecule is CCNC(c1cnn(CC)c1)c1ccncc1CC. The number of hydrogen-bond donors (Lipinski definition) is 1. The molecule has 1 unspecified atom stereocenters.